The van der Waals surface area contributed by atoms with E-state index in [0.29, 0.717) is 0 Å². The second kappa shape index (κ2) is 6.45. The van der Waals surface area contributed by atoms with Crippen molar-refractivity contribution in [1.82, 2.24) is 5.32 Å². The van der Waals surface area contributed by atoms with E-state index in [1.54, 1.807) is 6.92 Å². The number of ether oxygens (including phenoxy) is 1. The topological polar surface area (TPSA) is 55.4 Å². The van der Waals surface area contributed by atoms with Crippen molar-refractivity contribution in [1.29, 1.82) is 0 Å². The van der Waals surface area contributed by atoms with E-state index in [9.17, 15) is 9.59 Å². The van der Waals surface area contributed by atoms with Crippen molar-refractivity contribution in [3.05, 3.63) is 0 Å². The summed E-state index contributed by atoms with van der Waals surface area (Å²) >= 11 is 1.33. The molecule has 1 saturated carbocycles. The van der Waals surface area contributed by atoms with Crippen LogP contribution in [0.3, 0.4) is 0 Å². The molecular weight excluding hydrogens is 250 g/mol. The number of hydrogen-bond acceptors (Lipinski definition) is 4. The van der Waals surface area contributed by atoms with Gasteiger partial charge in [-0.3, -0.25) is 4.79 Å². The molecule has 0 aliphatic heterocycles. The van der Waals surface area contributed by atoms with Crippen molar-refractivity contribution in [2.24, 2.45) is 0 Å². The van der Waals surface area contributed by atoms with Gasteiger partial charge in [-0.2, -0.15) is 0 Å². The number of amides is 1. The molecule has 0 saturated heterocycles. The molecule has 0 bridgehead atoms. The van der Waals surface area contributed by atoms with Crippen LogP contribution in [0.4, 0.5) is 4.79 Å². The highest BCUT2D eigenvalue weighted by Crippen LogP contribution is 2.29. The first-order chi connectivity index (χ1) is 8.28. The molecule has 0 spiro atoms. The summed E-state index contributed by atoms with van der Waals surface area (Å²) in [5.74, 6) is 0. The van der Waals surface area contributed by atoms with Gasteiger partial charge in [-0.15, -0.1) is 0 Å². The Bertz CT molecular complexity index is 312. The van der Waals surface area contributed by atoms with Crippen molar-refractivity contribution in [2.75, 3.05) is 0 Å². The van der Waals surface area contributed by atoms with Gasteiger partial charge in [0, 0.05) is 18.2 Å². The van der Waals surface area contributed by atoms with Gasteiger partial charge in [0.1, 0.15) is 5.60 Å². The average Bonchev–Trinajstić information content (AvgIpc) is 2.17. The number of alkyl carbamates (subject to hydrolysis) is 1. The molecule has 1 amide bonds. The number of thioether (sulfide) groups is 1. The predicted octanol–water partition coefficient (Wildman–Crippen LogP) is 3.10. The quantitative estimate of drug-likeness (QED) is 0.840. The average molecular weight is 273 g/mol. The highest BCUT2D eigenvalue weighted by Gasteiger charge is 2.29. The van der Waals surface area contributed by atoms with Crippen LogP contribution in [0.5, 0.6) is 0 Å². The SMILES string of the molecule is CC(=O)S[C@H]1CCCC[C@H]1NC(=O)OC(C)(C)C. The fourth-order valence-corrected chi connectivity index (χ4v) is 3.15. The third kappa shape index (κ3) is 5.76. The highest BCUT2D eigenvalue weighted by molar-refractivity contribution is 8.14. The van der Waals surface area contributed by atoms with Crippen LogP contribution in [-0.2, 0) is 9.53 Å². The molecule has 1 rings (SSSR count). The minimum Gasteiger partial charge on any atom is -0.444 e. The number of carbonyl (C=O) groups is 2. The maximum atomic E-state index is 11.7. The van der Waals surface area contributed by atoms with Crippen molar-refractivity contribution in [3.8, 4) is 0 Å². The lowest BCUT2D eigenvalue weighted by Gasteiger charge is -2.31. The zero-order valence-corrected chi connectivity index (χ0v) is 12.4. The fourth-order valence-electron chi connectivity index (χ4n) is 2.08. The molecule has 1 aliphatic rings. The summed E-state index contributed by atoms with van der Waals surface area (Å²) < 4.78 is 5.25. The maximum Gasteiger partial charge on any atom is 0.407 e. The zero-order chi connectivity index (χ0) is 13.8. The molecule has 1 N–H and O–H groups in total. The van der Waals surface area contributed by atoms with Crippen LogP contribution >= 0.6 is 11.8 Å². The van der Waals surface area contributed by atoms with E-state index >= 15 is 0 Å². The molecule has 0 aromatic rings. The van der Waals surface area contributed by atoms with Crippen molar-refractivity contribution < 1.29 is 14.3 Å². The van der Waals surface area contributed by atoms with Gasteiger partial charge in [-0.25, -0.2) is 4.79 Å². The van der Waals surface area contributed by atoms with E-state index in [2.05, 4.69) is 5.32 Å². The summed E-state index contributed by atoms with van der Waals surface area (Å²) in [6.07, 6.45) is 3.73. The third-order valence-corrected chi connectivity index (χ3v) is 3.92. The van der Waals surface area contributed by atoms with E-state index in [1.807, 2.05) is 20.8 Å². The first-order valence-electron chi connectivity index (χ1n) is 6.44. The molecule has 1 fully saturated rings. The number of hydrogen-bond donors (Lipinski definition) is 1. The Labute approximate surface area is 113 Å². The van der Waals surface area contributed by atoms with Crippen LogP contribution in [0.15, 0.2) is 0 Å². The van der Waals surface area contributed by atoms with Crippen molar-refractivity contribution in [3.63, 3.8) is 0 Å². The Kier molecular flexibility index (Phi) is 5.50. The lowest BCUT2D eigenvalue weighted by Crippen LogP contribution is -2.46. The molecule has 0 aromatic heterocycles. The zero-order valence-electron chi connectivity index (χ0n) is 11.6. The summed E-state index contributed by atoms with van der Waals surface area (Å²) in [5.41, 5.74) is -0.484. The third-order valence-electron chi connectivity index (χ3n) is 2.72. The van der Waals surface area contributed by atoms with Gasteiger partial charge in [-0.1, -0.05) is 24.6 Å². The molecule has 0 aromatic carbocycles. The molecule has 104 valence electrons. The Morgan fingerprint density at radius 2 is 1.83 bits per heavy atom. The highest BCUT2D eigenvalue weighted by atomic mass is 32.2. The van der Waals surface area contributed by atoms with Gasteiger partial charge < -0.3 is 10.1 Å². The Morgan fingerprint density at radius 3 is 2.39 bits per heavy atom. The van der Waals surface area contributed by atoms with Crippen LogP contribution < -0.4 is 5.32 Å². The van der Waals surface area contributed by atoms with E-state index in [1.165, 1.54) is 11.8 Å². The van der Waals surface area contributed by atoms with Gasteiger partial charge in [0.05, 0.1) is 0 Å². The molecule has 18 heavy (non-hydrogen) atoms. The van der Waals surface area contributed by atoms with E-state index in [4.69, 9.17) is 4.74 Å². The second-order valence-electron chi connectivity index (χ2n) is 5.69. The molecule has 2 atom stereocenters. The molecule has 0 unspecified atom stereocenters. The van der Waals surface area contributed by atoms with Gasteiger partial charge in [0.15, 0.2) is 5.12 Å². The standard InChI is InChI=1S/C13H23NO3S/c1-9(15)18-11-8-6-5-7-10(11)14-12(16)17-13(2,3)4/h10-11H,5-8H2,1-4H3,(H,14,16)/t10-,11+/m1/s1. The molecule has 4 nitrogen and oxygen atoms in total. The van der Waals surface area contributed by atoms with Crippen LogP contribution in [0.2, 0.25) is 0 Å². The normalized spacial score (nSPS) is 24.4. The first-order valence-corrected chi connectivity index (χ1v) is 7.32. The fraction of sp³-hybridized carbons (Fsp3) is 0.846. The minimum absolute atomic E-state index is 0.0440. The Hall–Kier alpha value is -0.710. The summed E-state index contributed by atoms with van der Waals surface area (Å²) in [6, 6.07) is 0.0440. The van der Waals surface area contributed by atoms with Gasteiger partial charge >= 0.3 is 6.09 Å². The van der Waals surface area contributed by atoms with Gasteiger partial charge in [0.2, 0.25) is 0 Å². The Balaban J connectivity index is 2.51. The van der Waals surface area contributed by atoms with E-state index < -0.39 is 5.60 Å². The molecule has 0 heterocycles. The Morgan fingerprint density at radius 1 is 1.22 bits per heavy atom. The largest absolute Gasteiger partial charge is 0.444 e. The first kappa shape index (κ1) is 15.3. The van der Waals surface area contributed by atoms with E-state index in [-0.39, 0.29) is 22.5 Å². The summed E-state index contributed by atoms with van der Waals surface area (Å²) in [7, 11) is 0. The van der Waals surface area contributed by atoms with Crippen LogP contribution in [0.1, 0.15) is 53.4 Å². The van der Waals surface area contributed by atoms with Crippen molar-refractivity contribution in [2.45, 2.75) is 70.3 Å². The van der Waals surface area contributed by atoms with E-state index in [0.717, 1.165) is 25.7 Å². The van der Waals surface area contributed by atoms with Crippen LogP contribution in [-0.4, -0.2) is 28.1 Å². The second-order valence-corrected chi connectivity index (χ2v) is 7.10. The summed E-state index contributed by atoms with van der Waals surface area (Å²) in [4.78, 5) is 22.9. The lowest BCUT2D eigenvalue weighted by molar-refractivity contribution is -0.109. The number of carbonyl (C=O) groups excluding carboxylic acids is 2. The van der Waals surface area contributed by atoms with Crippen LogP contribution in [0, 0.1) is 0 Å². The van der Waals surface area contributed by atoms with Gasteiger partial charge in [-0.05, 0) is 33.6 Å². The summed E-state index contributed by atoms with van der Waals surface area (Å²) in [6.45, 7) is 7.10. The smallest absolute Gasteiger partial charge is 0.407 e. The number of nitrogens with one attached hydrogen (secondary N) is 1. The molecular formula is C13H23NO3S. The van der Waals surface area contributed by atoms with Crippen molar-refractivity contribution >= 4 is 23.0 Å². The molecule has 1 aliphatic carbocycles. The monoisotopic (exact) mass is 273 g/mol. The lowest BCUT2D eigenvalue weighted by atomic mass is 9.95. The minimum atomic E-state index is -0.484. The van der Waals surface area contributed by atoms with Crippen LogP contribution in [0.25, 0.3) is 0 Å². The maximum absolute atomic E-state index is 11.7. The van der Waals surface area contributed by atoms with Gasteiger partial charge in [0.25, 0.3) is 0 Å². The summed E-state index contributed by atoms with van der Waals surface area (Å²) in [5, 5.41) is 3.19. The molecule has 5 heteroatoms. The molecule has 0 radical (unpaired) electrons. The predicted molar refractivity (Wildman–Crippen MR) is 73.7 cm³/mol. The number of rotatable bonds is 2.